The van der Waals surface area contributed by atoms with Gasteiger partial charge in [0.2, 0.25) is 0 Å². The number of nitrogens with zero attached hydrogens (tertiary/aromatic N) is 1. The Hall–Kier alpha value is -0.640. The van der Waals surface area contributed by atoms with E-state index >= 15 is 0 Å². The van der Waals surface area contributed by atoms with Crippen molar-refractivity contribution in [1.29, 1.82) is 0 Å². The van der Waals surface area contributed by atoms with Crippen molar-refractivity contribution < 1.29 is 4.79 Å². The van der Waals surface area contributed by atoms with Crippen LogP contribution in [0.5, 0.6) is 0 Å². The highest BCUT2D eigenvalue weighted by molar-refractivity contribution is 8.02. The van der Waals surface area contributed by atoms with Gasteiger partial charge in [-0.2, -0.15) is 0 Å². The summed E-state index contributed by atoms with van der Waals surface area (Å²) in [5.74, 6) is 0.736. The topological polar surface area (TPSA) is 32.3 Å². The van der Waals surface area contributed by atoms with Crippen LogP contribution >= 0.6 is 11.8 Å². The number of hydrogen-bond acceptors (Lipinski definition) is 2. The van der Waals surface area contributed by atoms with Crippen molar-refractivity contribution in [3.63, 3.8) is 0 Å². The second-order valence-corrected chi connectivity index (χ2v) is 2.47. The van der Waals surface area contributed by atoms with Crippen LogP contribution in [0.15, 0.2) is 11.6 Å². The molecule has 1 heterocycles. The Morgan fingerprint density at radius 3 is 3.11 bits per heavy atom. The van der Waals surface area contributed by atoms with Crippen molar-refractivity contribution >= 4 is 17.8 Å². The molecule has 1 rings (SSSR count). The molecule has 9 heavy (non-hydrogen) atoms. The summed E-state index contributed by atoms with van der Waals surface area (Å²) in [6, 6.07) is -0.0451. The lowest BCUT2D eigenvalue weighted by Crippen LogP contribution is -2.31. The molecule has 0 bridgehead atoms. The SMILES string of the molecule is CNC(=O)N1C=CSC1. The molecule has 0 aromatic carbocycles. The standard InChI is InChI=1S/C5H8N2OS/c1-6-5(8)7-2-3-9-4-7/h2-3H,4H2,1H3,(H,6,8). The molecular weight excluding hydrogens is 136 g/mol. The van der Waals surface area contributed by atoms with E-state index in [0.717, 1.165) is 5.88 Å². The van der Waals surface area contributed by atoms with Crippen molar-refractivity contribution in [2.24, 2.45) is 0 Å². The van der Waals surface area contributed by atoms with E-state index in [-0.39, 0.29) is 6.03 Å². The molecule has 1 N–H and O–H groups in total. The number of amides is 2. The van der Waals surface area contributed by atoms with Crippen LogP contribution in [0.25, 0.3) is 0 Å². The van der Waals surface area contributed by atoms with Gasteiger partial charge in [0.25, 0.3) is 0 Å². The molecule has 0 atom stereocenters. The summed E-state index contributed by atoms with van der Waals surface area (Å²) < 4.78 is 0. The van der Waals surface area contributed by atoms with Crippen molar-refractivity contribution in [2.75, 3.05) is 12.9 Å². The number of urea groups is 1. The molecule has 0 saturated heterocycles. The Labute approximate surface area is 58.1 Å². The van der Waals surface area contributed by atoms with Gasteiger partial charge < -0.3 is 5.32 Å². The first kappa shape index (κ1) is 6.48. The van der Waals surface area contributed by atoms with Crippen molar-refractivity contribution in [2.45, 2.75) is 0 Å². The van der Waals surface area contributed by atoms with Gasteiger partial charge in [0.1, 0.15) is 0 Å². The zero-order chi connectivity index (χ0) is 6.69. The maximum absolute atomic E-state index is 10.8. The maximum Gasteiger partial charge on any atom is 0.321 e. The van der Waals surface area contributed by atoms with E-state index < -0.39 is 0 Å². The van der Waals surface area contributed by atoms with Crippen LogP contribution in [0.4, 0.5) is 4.79 Å². The van der Waals surface area contributed by atoms with Gasteiger partial charge >= 0.3 is 6.03 Å². The Morgan fingerprint density at radius 2 is 2.67 bits per heavy atom. The van der Waals surface area contributed by atoms with Crippen LogP contribution in [0, 0.1) is 0 Å². The number of carbonyl (C=O) groups excluding carboxylic acids is 1. The highest BCUT2D eigenvalue weighted by Crippen LogP contribution is 2.14. The minimum atomic E-state index is -0.0451. The van der Waals surface area contributed by atoms with Gasteiger partial charge in [0, 0.05) is 13.2 Å². The highest BCUT2D eigenvalue weighted by atomic mass is 32.2. The molecule has 0 radical (unpaired) electrons. The second kappa shape index (κ2) is 2.77. The van der Waals surface area contributed by atoms with Crippen LogP contribution in [0.2, 0.25) is 0 Å². The fourth-order valence-electron chi connectivity index (χ4n) is 0.553. The molecule has 0 unspecified atom stereocenters. The average Bonchev–Trinajstić information content (AvgIpc) is 2.37. The van der Waals surface area contributed by atoms with Crippen LogP contribution in [-0.2, 0) is 0 Å². The number of rotatable bonds is 0. The number of carbonyl (C=O) groups is 1. The average molecular weight is 144 g/mol. The summed E-state index contributed by atoms with van der Waals surface area (Å²) in [6.45, 7) is 0. The predicted octanol–water partition coefficient (Wildman–Crippen LogP) is 0.803. The zero-order valence-corrected chi connectivity index (χ0v) is 5.94. The molecule has 1 aliphatic heterocycles. The fourth-order valence-corrected chi connectivity index (χ4v) is 1.24. The smallest absolute Gasteiger partial charge is 0.321 e. The normalized spacial score (nSPS) is 16.3. The van der Waals surface area contributed by atoms with Gasteiger partial charge in [-0.1, -0.05) is 0 Å². The van der Waals surface area contributed by atoms with E-state index in [1.54, 1.807) is 29.9 Å². The van der Waals surface area contributed by atoms with E-state index in [2.05, 4.69) is 5.32 Å². The molecule has 0 spiro atoms. The summed E-state index contributed by atoms with van der Waals surface area (Å²) in [5, 5.41) is 4.43. The predicted molar refractivity (Wildman–Crippen MR) is 37.9 cm³/mol. The lowest BCUT2D eigenvalue weighted by molar-refractivity contribution is 0.223. The van der Waals surface area contributed by atoms with Gasteiger partial charge in [-0.3, -0.25) is 4.90 Å². The van der Waals surface area contributed by atoms with Crippen LogP contribution in [0.3, 0.4) is 0 Å². The first-order valence-corrected chi connectivity index (χ1v) is 3.66. The third-order valence-corrected chi connectivity index (χ3v) is 1.77. The van der Waals surface area contributed by atoms with Gasteiger partial charge in [0.15, 0.2) is 0 Å². The second-order valence-electron chi connectivity index (χ2n) is 1.61. The molecule has 3 nitrogen and oxygen atoms in total. The van der Waals surface area contributed by atoms with Crippen molar-refractivity contribution in [3.8, 4) is 0 Å². The van der Waals surface area contributed by atoms with Gasteiger partial charge in [-0.15, -0.1) is 11.8 Å². The fraction of sp³-hybridized carbons (Fsp3) is 0.400. The summed E-state index contributed by atoms with van der Waals surface area (Å²) in [5.41, 5.74) is 0. The molecule has 0 aromatic rings. The maximum atomic E-state index is 10.8. The minimum absolute atomic E-state index is 0.0451. The van der Waals surface area contributed by atoms with E-state index in [1.165, 1.54) is 0 Å². The summed E-state index contributed by atoms with van der Waals surface area (Å²) in [6.07, 6.45) is 1.77. The van der Waals surface area contributed by atoms with E-state index in [0.29, 0.717) is 0 Å². The summed E-state index contributed by atoms with van der Waals surface area (Å²) in [7, 11) is 1.62. The lowest BCUT2D eigenvalue weighted by atomic mass is 10.7. The Balaban J connectivity index is 2.43. The summed E-state index contributed by atoms with van der Waals surface area (Å²) in [4.78, 5) is 12.4. The molecule has 2 amide bonds. The van der Waals surface area contributed by atoms with E-state index in [9.17, 15) is 4.79 Å². The number of thioether (sulfide) groups is 1. The number of nitrogens with one attached hydrogen (secondary N) is 1. The minimum Gasteiger partial charge on any atom is -0.341 e. The van der Waals surface area contributed by atoms with Crippen molar-refractivity contribution in [1.82, 2.24) is 10.2 Å². The van der Waals surface area contributed by atoms with Gasteiger partial charge in [0.05, 0.1) is 5.88 Å². The zero-order valence-electron chi connectivity index (χ0n) is 5.13. The Bertz CT molecular complexity index is 146. The van der Waals surface area contributed by atoms with E-state index in [4.69, 9.17) is 0 Å². The molecule has 1 aliphatic rings. The molecule has 0 aliphatic carbocycles. The third kappa shape index (κ3) is 1.38. The lowest BCUT2D eigenvalue weighted by Gasteiger charge is -2.10. The first-order valence-electron chi connectivity index (χ1n) is 2.61. The highest BCUT2D eigenvalue weighted by Gasteiger charge is 2.10. The van der Waals surface area contributed by atoms with E-state index in [1.807, 2.05) is 5.41 Å². The molecule has 50 valence electrons. The first-order chi connectivity index (χ1) is 4.34. The van der Waals surface area contributed by atoms with Crippen molar-refractivity contribution in [3.05, 3.63) is 11.6 Å². The Kier molecular flexibility index (Phi) is 2.00. The Morgan fingerprint density at radius 1 is 1.89 bits per heavy atom. The summed E-state index contributed by atoms with van der Waals surface area (Å²) >= 11 is 1.61. The van der Waals surface area contributed by atoms with Gasteiger partial charge in [-0.25, -0.2) is 4.79 Å². The van der Waals surface area contributed by atoms with Gasteiger partial charge in [-0.05, 0) is 5.41 Å². The number of hydrogen-bond donors (Lipinski definition) is 1. The molecule has 0 saturated carbocycles. The molecule has 4 heteroatoms. The quantitative estimate of drug-likeness (QED) is 0.545. The van der Waals surface area contributed by atoms with Crippen LogP contribution in [-0.4, -0.2) is 23.9 Å². The monoisotopic (exact) mass is 144 g/mol. The molecular formula is C5H8N2OS. The molecule has 0 fully saturated rings. The largest absolute Gasteiger partial charge is 0.341 e. The third-order valence-electron chi connectivity index (χ3n) is 1.03. The van der Waals surface area contributed by atoms with Crippen LogP contribution < -0.4 is 5.32 Å². The molecule has 0 aromatic heterocycles. The van der Waals surface area contributed by atoms with Crippen LogP contribution in [0.1, 0.15) is 0 Å².